The molecule has 0 N–H and O–H groups in total. The fraction of sp³-hybridized carbons (Fsp3) is 0. The minimum absolute atomic E-state index is 0.0525. The number of benzene rings is 2. The van der Waals surface area contributed by atoms with Crippen LogP contribution < -0.4 is 0 Å². The number of hydrogen-bond acceptors (Lipinski definition) is 5. The van der Waals surface area contributed by atoms with E-state index in [9.17, 15) is 14.9 Å². The molecule has 0 bridgehead atoms. The van der Waals surface area contributed by atoms with Crippen molar-refractivity contribution in [2.45, 2.75) is 0 Å². The molecule has 0 fully saturated rings. The standard InChI is InChI=1S/C14H10N2O4/c17-14(12-6-2-1-3-7-12)20-15-10-11-5-4-8-13(9-11)16(18)19/h1-10H/b15-10+. The topological polar surface area (TPSA) is 81.8 Å². The smallest absolute Gasteiger partial charge is 0.313 e. The quantitative estimate of drug-likeness (QED) is 0.370. The van der Waals surface area contributed by atoms with E-state index in [1.807, 2.05) is 0 Å². The van der Waals surface area contributed by atoms with E-state index in [0.29, 0.717) is 11.1 Å². The van der Waals surface area contributed by atoms with Crippen molar-refractivity contribution in [3.05, 3.63) is 75.8 Å². The van der Waals surface area contributed by atoms with Gasteiger partial charge in [0.05, 0.1) is 16.7 Å². The summed E-state index contributed by atoms with van der Waals surface area (Å²) in [6, 6.07) is 14.2. The van der Waals surface area contributed by atoms with E-state index in [1.54, 1.807) is 36.4 Å². The van der Waals surface area contributed by atoms with Gasteiger partial charge in [0.25, 0.3) is 5.69 Å². The van der Waals surface area contributed by atoms with Crippen LogP contribution in [0.25, 0.3) is 0 Å². The first-order chi connectivity index (χ1) is 9.66. The van der Waals surface area contributed by atoms with Gasteiger partial charge in [-0.05, 0) is 12.1 Å². The average molecular weight is 270 g/mol. The van der Waals surface area contributed by atoms with Crippen LogP contribution in [0.4, 0.5) is 5.69 Å². The summed E-state index contributed by atoms with van der Waals surface area (Å²) < 4.78 is 0. The second-order valence-electron chi connectivity index (χ2n) is 3.83. The van der Waals surface area contributed by atoms with Crippen LogP contribution >= 0.6 is 0 Å². The van der Waals surface area contributed by atoms with E-state index >= 15 is 0 Å². The van der Waals surface area contributed by atoms with E-state index in [1.165, 1.54) is 24.4 Å². The van der Waals surface area contributed by atoms with Gasteiger partial charge in [-0.2, -0.15) is 0 Å². The van der Waals surface area contributed by atoms with Gasteiger partial charge in [-0.15, -0.1) is 0 Å². The van der Waals surface area contributed by atoms with E-state index in [-0.39, 0.29) is 5.69 Å². The van der Waals surface area contributed by atoms with Crippen LogP contribution in [-0.4, -0.2) is 17.1 Å². The normalized spacial score (nSPS) is 10.4. The maximum Gasteiger partial charge on any atom is 0.365 e. The molecular weight excluding hydrogens is 260 g/mol. The highest BCUT2D eigenvalue weighted by Crippen LogP contribution is 2.11. The van der Waals surface area contributed by atoms with Crippen molar-refractivity contribution in [1.29, 1.82) is 0 Å². The molecule has 0 atom stereocenters. The predicted octanol–water partition coefficient (Wildman–Crippen LogP) is 2.79. The molecule has 0 aliphatic rings. The molecule has 0 saturated heterocycles. The summed E-state index contributed by atoms with van der Waals surface area (Å²) in [7, 11) is 0. The molecular formula is C14H10N2O4. The van der Waals surface area contributed by atoms with Crippen LogP contribution in [0.5, 0.6) is 0 Å². The Morgan fingerprint density at radius 3 is 2.60 bits per heavy atom. The number of carbonyl (C=O) groups excluding carboxylic acids is 1. The average Bonchev–Trinajstić information content (AvgIpc) is 2.48. The molecule has 0 amide bonds. The zero-order chi connectivity index (χ0) is 14.4. The fourth-order valence-electron chi connectivity index (χ4n) is 1.48. The van der Waals surface area contributed by atoms with Crippen LogP contribution in [0.2, 0.25) is 0 Å². The summed E-state index contributed by atoms with van der Waals surface area (Å²) >= 11 is 0. The molecule has 20 heavy (non-hydrogen) atoms. The third kappa shape index (κ3) is 3.49. The van der Waals surface area contributed by atoms with Crippen molar-refractivity contribution in [2.75, 3.05) is 0 Å². The molecule has 2 aromatic carbocycles. The lowest BCUT2D eigenvalue weighted by atomic mass is 10.2. The predicted molar refractivity (Wildman–Crippen MR) is 72.5 cm³/mol. The third-order valence-corrected chi connectivity index (χ3v) is 2.43. The number of carbonyl (C=O) groups is 1. The summed E-state index contributed by atoms with van der Waals surface area (Å²) in [6.45, 7) is 0. The summed E-state index contributed by atoms with van der Waals surface area (Å²) in [5, 5.41) is 14.1. The number of oxime groups is 1. The molecule has 0 aliphatic carbocycles. The minimum atomic E-state index is -0.590. The molecule has 100 valence electrons. The lowest BCUT2D eigenvalue weighted by Crippen LogP contribution is -2.00. The van der Waals surface area contributed by atoms with Gasteiger partial charge in [-0.3, -0.25) is 10.1 Å². The van der Waals surface area contributed by atoms with E-state index in [0.717, 1.165) is 0 Å². The second-order valence-corrected chi connectivity index (χ2v) is 3.83. The molecule has 6 heteroatoms. The van der Waals surface area contributed by atoms with Crippen molar-refractivity contribution in [3.63, 3.8) is 0 Å². The summed E-state index contributed by atoms with van der Waals surface area (Å²) in [5.74, 6) is -0.590. The highest BCUT2D eigenvalue weighted by atomic mass is 16.7. The van der Waals surface area contributed by atoms with Gasteiger partial charge in [-0.1, -0.05) is 35.5 Å². The SMILES string of the molecule is O=C(O/N=C/c1cccc([N+](=O)[O-])c1)c1ccccc1. The van der Waals surface area contributed by atoms with E-state index < -0.39 is 10.9 Å². The fourth-order valence-corrected chi connectivity index (χ4v) is 1.48. The zero-order valence-electron chi connectivity index (χ0n) is 10.3. The van der Waals surface area contributed by atoms with Gasteiger partial charge in [-0.25, -0.2) is 4.79 Å². The number of non-ortho nitro benzene ring substituents is 1. The van der Waals surface area contributed by atoms with Gasteiger partial charge in [0, 0.05) is 17.7 Å². The second kappa shape index (κ2) is 6.24. The van der Waals surface area contributed by atoms with Crippen LogP contribution in [-0.2, 0) is 4.84 Å². The largest absolute Gasteiger partial charge is 0.365 e. The number of rotatable bonds is 4. The Labute approximate surface area is 114 Å². The molecule has 0 aliphatic heterocycles. The summed E-state index contributed by atoms with van der Waals surface area (Å²) in [5.41, 5.74) is 0.798. The van der Waals surface area contributed by atoms with Crippen LogP contribution in [0.1, 0.15) is 15.9 Å². The third-order valence-electron chi connectivity index (χ3n) is 2.43. The molecule has 0 unspecified atom stereocenters. The van der Waals surface area contributed by atoms with Crippen molar-refractivity contribution >= 4 is 17.9 Å². The number of hydrogen-bond donors (Lipinski definition) is 0. The summed E-state index contributed by atoms with van der Waals surface area (Å²) in [6.07, 6.45) is 1.24. The molecule has 0 radical (unpaired) electrons. The molecule has 6 nitrogen and oxygen atoms in total. The molecule has 2 aromatic rings. The zero-order valence-corrected chi connectivity index (χ0v) is 10.3. The van der Waals surface area contributed by atoms with Gasteiger partial charge in [0.2, 0.25) is 0 Å². The highest BCUT2D eigenvalue weighted by molar-refractivity contribution is 5.90. The Morgan fingerprint density at radius 1 is 1.15 bits per heavy atom. The molecule has 0 spiro atoms. The summed E-state index contributed by atoms with van der Waals surface area (Å²) in [4.78, 5) is 26.3. The number of nitrogens with zero attached hydrogens (tertiary/aromatic N) is 2. The van der Waals surface area contributed by atoms with Crippen molar-refractivity contribution in [2.24, 2.45) is 5.16 Å². The van der Waals surface area contributed by atoms with E-state index in [2.05, 4.69) is 5.16 Å². The van der Waals surface area contributed by atoms with Crippen molar-refractivity contribution in [3.8, 4) is 0 Å². The maximum atomic E-state index is 11.6. The first-order valence-electron chi connectivity index (χ1n) is 5.71. The monoisotopic (exact) mass is 270 g/mol. The first-order valence-corrected chi connectivity index (χ1v) is 5.71. The van der Waals surface area contributed by atoms with E-state index in [4.69, 9.17) is 4.84 Å². The Hall–Kier alpha value is -3.02. The molecule has 0 aromatic heterocycles. The Morgan fingerprint density at radius 2 is 1.90 bits per heavy atom. The Balaban J connectivity index is 2.02. The van der Waals surface area contributed by atoms with Crippen LogP contribution in [0, 0.1) is 10.1 Å². The minimum Gasteiger partial charge on any atom is -0.313 e. The Bertz CT molecular complexity index is 653. The van der Waals surface area contributed by atoms with Gasteiger partial charge >= 0.3 is 5.97 Å². The lowest BCUT2D eigenvalue weighted by Gasteiger charge is -1.97. The number of nitro groups is 1. The van der Waals surface area contributed by atoms with Crippen LogP contribution in [0.3, 0.4) is 0 Å². The Kier molecular flexibility index (Phi) is 4.18. The first kappa shape index (κ1) is 13.4. The van der Waals surface area contributed by atoms with Gasteiger partial charge in [0.15, 0.2) is 0 Å². The van der Waals surface area contributed by atoms with Crippen molar-refractivity contribution < 1.29 is 14.6 Å². The molecule has 0 heterocycles. The van der Waals surface area contributed by atoms with Crippen molar-refractivity contribution in [1.82, 2.24) is 0 Å². The maximum absolute atomic E-state index is 11.6. The molecule has 2 rings (SSSR count). The number of nitro benzene ring substituents is 1. The van der Waals surface area contributed by atoms with Gasteiger partial charge < -0.3 is 4.84 Å². The lowest BCUT2D eigenvalue weighted by molar-refractivity contribution is -0.384. The van der Waals surface area contributed by atoms with Gasteiger partial charge in [0.1, 0.15) is 0 Å². The van der Waals surface area contributed by atoms with Crippen LogP contribution in [0.15, 0.2) is 59.8 Å². The highest BCUT2D eigenvalue weighted by Gasteiger charge is 2.06. The molecule has 0 saturated carbocycles.